The van der Waals surface area contributed by atoms with Crippen LogP contribution in [0.15, 0.2) is 18.2 Å². The summed E-state index contributed by atoms with van der Waals surface area (Å²) in [4.78, 5) is 12.2. The number of benzene rings is 1. The van der Waals surface area contributed by atoms with Gasteiger partial charge in [-0.2, -0.15) is 0 Å². The Morgan fingerprint density at radius 3 is 2.36 bits per heavy atom. The molecule has 0 saturated carbocycles. The monoisotopic (exact) mass is 376 g/mol. The molecule has 0 radical (unpaired) electrons. The van der Waals surface area contributed by atoms with Gasteiger partial charge in [0, 0.05) is 26.8 Å². The van der Waals surface area contributed by atoms with E-state index >= 15 is 0 Å². The smallest absolute Gasteiger partial charge is 0.255 e. The molecular formula is C15H24N2O7S. The first-order valence-corrected chi connectivity index (χ1v) is 9.05. The maximum Gasteiger partial charge on any atom is 0.255 e. The van der Waals surface area contributed by atoms with E-state index in [9.17, 15) is 13.2 Å². The van der Waals surface area contributed by atoms with Crippen LogP contribution in [0.3, 0.4) is 0 Å². The van der Waals surface area contributed by atoms with Gasteiger partial charge in [0.15, 0.2) is 6.29 Å². The number of methoxy groups -OCH3 is 4. The molecule has 0 bridgehead atoms. The number of hydrogen-bond donors (Lipinski definition) is 2. The third-order valence-corrected chi connectivity index (χ3v) is 4.65. The summed E-state index contributed by atoms with van der Waals surface area (Å²) in [7, 11) is 2.17. The molecule has 0 saturated heterocycles. The van der Waals surface area contributed by atoms with Crippen molar-refractivity contribution >= 4 is 15.9 Å². The molecule has 0 aliphatic heterocycles. The van der Waals surface area contributed by atoms with E-state index in [0.717, 1.165) is 0 Å². The predicted molar refractivity (Wildman–Crippen MR) is 91.5 cm³/mol. The third kappa shape index (κ3) is 6.86. The summed E-state index contributed by atoms with van der Waals surface area (Å²) in [6, 6.07) is 4.73. The molecule has 9 nitrogen and oxygen atoms in total. The van der Waals surface area contributed by atoms with Crippen molar-refractivity contribution in [1.82, 2.24) is 10.0 Å². The lowest BCUT2D eigenvalue weighted by Crippen LogP contribution is -2.38. The molecule has 0 fully saturated rings. The molecule has 10 heteroatoms. The van der Waals surface area contributed by atoms with Gasteiger partial charge >= 0.3 is 0 Å². The van der Waals surface area contributed by atoms with E-state index in [1.807, 2.05) is 0 Å². The molecule has 0 unspecified atom stereocenters. The van der Waals surface area contributed by atoms with Gasteiger partial charge in [-0.3, -0.25) is 4.79 Å². The van der Waals surface area contributed by atoms with Crippen molar-refractivity contribution in [3.05, 3.63) is 23.8 Å². The SMILES string of the molecule is COc1ccc(C(=O)NCCS(=O)(=O)NCC(OC)OC)c(OC)c1. The molecule has 25 heavy (non-hydrogen) atoms. The zero-order chi connectivity index (χ0) is 18.9. The van der Waals surface area contributed by atoms with E-state index < -0.39 is 22.2 Å². The molecule has 0 heterocycles. The van der Waals surface area contributed by atoms with Crippen LogP contribution >= 0.6 is 0 Å². The highest BCUT2D eigenvalue weighted by atomic mass is 32.2. The summed E-state index contributed by atoms with van der Waals surface area (Å²) >= 11 is 0. The number of carbonyl (C=O) groups excluding carboxylic acids is 1. The van der Waals surface area contributed by atoms with Crippen molar-refractivity contribution in [2.24, 2.45) is 0 Å². The summed E-state index contributed by atoms with van der Waals surface area (Å²) < 4.78 is 46.1. The fourth-order valence-corrected chi connectivity index (χ4v) is 2.82. The van der Waals surface area contributed by atoms with E-state index in [2.05, 4.69) is 10.0 Å². The Balaban J connectivity index is 2.56. The minimum absolute atomic E-state index is 0.0183. The van der Waals surface area contributed by atoms with Gasteiger partial charge in [0.2, 0.25) is 10.0 Å². The summed E-state index contributed by atoms with van der Waals surface area (Å²) in [6.07, 6.45) is -0.673. The van der Waals surface area contributed by atoms with Crippen LogP contribution in [-0.4, -0.2) is 67.9 Å². The van der Waals surface area contributed by atoms with Gasteiger partial charge < -0.3 is 24.3 Å². The van der Waals surface area contributed by atoms with Crippen molar-refractivity contribution in [3.63, 3.8) is 0 Å². The van der Waals surface area contributed by atoms with E-state index in [0.29, 0.717) is 11.5 Å². The number of amides is 1. The minimum Gasteiger partial charge on any atom is -0.497 e. The van der Waals surface area contributed by atoms with Crippen molar-refractivity contribution in [1.29, 1.82) is 0 Å². The van der Waals surface area contributed by atoms with Crippen LogP contribution < -0.4 is 19.5 Å². The summed E-state index contributed by atoms with van der Waals surface area (Å²) in [5.74, 6) is 0.158. The van der Waals surface area contributed by atoms with Crippen molar-refractivity contribution in [3.8, 4) is 11.5 Å². The Bertz CT molecular complexity index is 660. The largest absolute Gasteiger partial charge is 0.497 e. The first-order chi connectivity index (χ1) is 11.9. The van der Waals surface area contributed by atoms with Crippen LogP contribution in [0.1, 0.15) is 10.4 Å². The van der Waals surface area contributed by atoms with E-state index in [-0.39, 0.29) is 24.4 Å². The second kappa shape index (κ2) is 10.2. The standard InChI is InChI=1S/C15H24N2O7S/c1-21-11-5-6-12(13(9-11)22-2)15(18)16-7-8-25(19,20)17-10-14(23-3)24-4/h5-6,9,14,17H,7-8,10H2,1-4H3,(H,16,18). The van der Waals surface area contributed by atoms with Crippen LogP contribution in [0, 0.1) is 0 Å². The van der Waals surface area contributed by atoms with Crippen molar-refractivity contribution < 1.29 is 32.2 Å². The second-order valence-electron chi connectivity index (χ2n) is 4.89. The molecule has 142 valence electrons. The zero-order valence-corrected chi connectivity index (χ0v) is 15.5. The number of hydrogen-bond acceptors (Lipinski definition) is 7. The molecule has 1 aromatic rings. The molecule has 0 aliphatic carbocycles. The third-order valence-electron chi connectivity index (χ3n) is 3.31. The van der Waals surface area contributed by atoms with Gasteiger partial charge in [0.1, 0.15) is 11.5 Å². The number of sulfonamides is 1. The van der Waals surface area contributed by atoms with Crippen LogP contribution in [0.4, 0.5) is 0 Å². The first-order valence-electron chi connectivity index (χ1n) is 7.40. The molecule has 0 aromatic heterocycles. The van der Waals surface area contributed by atoms with Gasteiger partial charge in [-0.05, 0) is 12.1 Å². The number of nitrogens with one attached hydrogen (secondary N) is 2. The molecule has 1 aromatic carbocycles. The Hall–Kier alpha value is -1.88. The molecule has 0 aliphatic rings. The number of ether oxygens (including phenoxy) is 4. The summed E-state index contributed by atoms with van der Waals surface area (Å²) in [5.41, 5.74) is 0.285. The van der Waals surface area contributed by atoms with Gasteiger partial charge in [-0.25, -0.2) is 13.1 Å². The highest BCUT2D eigenvalue weighted by Crippen LogP contribution is 2.24. The highest BCUT2D eigenvalue weighted by molar-refractivity contribution is 7.89. The summed E-state index contributed by atoms with van der Waals surface area (Å²) in [6.45, 7) is -0.0798. The van der Waals surface area contributed by atoms with Crippen LogP contribution in [-0.2, 0) is 19.5 Å². The predicted octanol–water partition coefficient (Wildman–Crippen LogP) is -0.0281. The molecule has 2 N–H and O–H groups in total. The normalized spacial score (nSPS) is 11.4. The van der Waals surface area contributed by atoms with Crippen LogP contribution in [0.2, 0.25) is 0 Å². The topological polar surface area (TPSA) is 112 Å². The highest BCUT2D eigenvalue weighted by Gasteiger charge is 2.16. The van der Waals surface area contributed by atoms with Crippen molar-refractivity contribution in [2.45, 2.75) is 6.29 Å². The molecule has 1 amide bonds. The maximum atomic E-state index is 12.2. The van der Waals surface area contributed by atoms with Gasteiger partial charge in [0.25, 0.3) is 5.91 Å². The van der Waals surface area contributed by atoms with Gasteiger partial charge in [-0.15, -0.1) is 0 Å². The average Bonchev–Trinajstić information content (AvgIpc) is 2.61. The quantitative estimate of drug-likeness (QED) is 0.522. The van der Waals surface area contributed by atoms with Crippen LogP contribution in [0.5, 0.6) is 11.5 Å². The Morgan fingerprint density at radius 2 is 1.80 bits per heavy atom. The average molecular weight is 376 g/mol. The lowest BCUT2D eigenvalue weighted by Gasteiger charge is -2.14. The number of rotatable bonds is 11. The fourth-order valence-electron chi connectivity index (χ4n) is 1.91. The van der Waals surface area contributed by atoms with E-state index in [4.69, 9.17) is 18.9 Å². The maximum absolute atomic E-state index is 12.2. The summed E-state index contributed by atoms with van der Waals surface area (Å²) in [5, 5.41) is 2.54. The fraction of sp³-hybridized carbons (Fsp3) is 0.533. The first kappa shape index (κ1) is 21.2. The van der Waals surface area contributed by atoms with Crippen molar-refractivity contribution in [2.75, 3.05) is 47.3 Å². The Morgan fingerprint density at radius 1 is 1.12 bits per heavy atom. The minimum atomic E-state index is -3.58. The molecule has 1 rings (SSSR count). The molecular weight excluding hydrogens is 352 g/mol. The Kier molecular flexibility index (Phi) is 8.62. The van der Waals surface area contributed by atoms with Gasteiger partial charge in [-0.1, -0.05) is 0 Å². The van der Waals surface area contributed by atoms with E-state index in [1.165, 1.54) is 28.4 Å². The molecule has 0 spiro atoms. The lowest BCUT2D eigenvalue weighted by molar-refractivity contribution is -0.0960. The Labute approximate surface area is 147 Å². The van der Waals surface area contributed by atoms with E-state index in [1.54, 1.807) is 18.2 Å². The van der Waals surface area contributed by atoms with Crippen LogP contribution in [0.25, 0.3) is 0 Å². The molecule has 0 atom stereocenters. The van der Waals surface area contributed by atoms with Gasteiger partial charge in [0.05, 0.1) is 32.1 Å². The zero-order valence-electron chi connectivity index (χ0n) is 14.7. The number of carbonyl (C=O) groups is 1. The lowest BCUT2D eigenvalue weighted by atomic mass is 10.2. The second-order valence-corrected chi connectivity index (χ2v) is 6.82.